The lowest BCUT2D eigenvalue weighted by Crippen LogP contribution is -2.09. The molecule has 2 aromatic carbocycles. The van der Waals surface area contributed by atoms with Crippen molar-refractivity contribution in [3.05, 3.63) is 47.5 Å². The first-order chi connectivity index (χ1) is 11.7. The number of fused-ring (bicyclic) bond motifs is 1. The van der Waals surface area contributed by atoms with Gasteiger partial charge in [0, 0.05) is 11.6 Å². The maximum atomic E-state index is 12.7. The predicted octanol–water partition coefficient (Wildman–Crippen LogP) is 2.76. The summed E-state index contributed by atoms with van der Waals surface area (Å²) in [7, 11) is 3.10. The molecule has 1 saturated heterocycles. The Kier molecular flexibility index (Phi) is 3.54. The third kappa shape index (κ3) is 2.55. The average molecular weight is 328 g/mol. The number of hydrogen-bond acceptors (Lipinski definition) is 6. The number of carbonyl (C=O) groups is 1. The monoisotopic (exact) mass is 328 g/mol. The van der Waals surface area contributed by atoms with Crippen LogP contribution in [0, 0.1) is 0 Å². The van der Waals surface area contributed by atoms with Crippen LogP contribution in [0.4, 0.5) is 0 Å². The van der Waals surface area contributed by atoms with Crippen molar-refractivity contribution in [3.8, 4) is 23.0 Å². The fourth-order valence-corrected chi connectivity index (χ4v) is 2.77. The van der Waals surface area contributed by atoms with Crippen molar-refractivity contribution in [3.63, 3.8) is 0 Å². The van der Waals surface area contributed by atoms with Crippen molar-refractivity contribution >= 4 is 5.78 Å². The van der Waals surface area contributed by atoms with E-state index in [0.717, 1.165) is 5.56 Å². The summed E-state index contributed by atoms with van der Waals surface area (Å²) in [5.41, 5.74) is 1.40. The van der Waals surface area contributed by atoms with Crippen molar-refractivity contribution in [1.82, 2.24) is 0 Å². The molecule has 0 bridgehead atoms. The van der Waals surface area contributed by atoms with Crippen LogP contribution in [0.2, 0.25) is 0 Å². The van der Waals surface area contributed by atoms with Crippen molar-refractivity contribution in [2.75, 3.05) is 21.0 Å². The molecule has 0 aromatic heterocycles. The summed E-state index contributed by atoms with van der Waals surface area (Å²) in [5, 5.41) is 0. The molecule has 0 amide bonds. The second kappa shape index (κ2) is 5.72. The van der Waals surface area contributed by atoms with E-state index in [1.807, 2.05) is 18.2 Å². The van der Waals surface area contributed by atoms with Gasteiger partial charge in [-0.3, -0.25) is 4.79 Å². The summed E-state index contributed by atoms with van der Waals surface area (Å²) in [5.74, 6) is 2.42. The lowest BCUT2D eigenvalue weighted by atomic mass is 10.0. The van der Waals surface area contributed by atoms with Gasteiger partial charge in [-0.25, -0.2) is 0 Å². The Balaban J connectivity index is 1.55. The van der Waals surface area contributed by atoms with Crippen LogP contribution < -0.4 is 18.9 Å². The van der Waals surface area contributed by atoms with Crippen LogP contribution >= 0.6 is 0 Å². The van der Waals surface area contributed by atoms with E-state index in [9.17, 15) is 4.79 Å². The number of benzene rings is 2. The molecule has 2 aliphatic heterocycles. The van der Waals surface area contributed by atoms with Gasteiger partial charge in [-0.2, -0.15) is 0 Å². The molecule has 4 rings (SSSR count). The molecule has 0 spiro atoms. The van der Waals surface area contributed by atoms with Crippen molar-refractivity contribution in [2.24, 2.45) is 0 Å². The van der Waals surface area contributed by atoms with Gasteiger partial charge in [-0.1, -0.05) is 6.07 Å². The molecule has 0 aliphatic carbocycles. The van der Waals surface area contributed by atoms with Gasteiger partial charge in [0.25, 0.3) is 0 Å². The number of epoxide rings is 1. The SMILES string of the molecule is COc1cc(OC)cc(C(=O)C2OC2c2ccc3c(c2)OCO3)c1. The van der Waals surface area contributed by atoms with E-state index in [0.29, 0.717) is 28.6 Å². The average Bonchev–Trinajstić information content (AvgIpc) is 3.29. The van der Waals surface area contributed by atoms with Gasteiger partial charge in [0.15, 0.2) is 23.4 Å². The van der Waals surface area contributed by atoms with E-state index in [1.165, 1.54) is 0 Å². The molecular weight excluding hydrogens is 312 g/mol. The lowest BCUT2D eigenvalue weighted by molar-refractivity contribution is 0.0953. The van der Waals surface area contributed by atoms with Crippen LogP contribution in [0.5, 0.6) is 23.0 Å². The summed E-state index contributed by atoms with van der Waals surface area (Å²) < 4.78 is 26.7. The minimum Gasteiger partial charge on any atom is -0.497 e. The first-order valence-corrected chi connectivity index (χ1v) is 7.52. The maximum absolute atomic E-state index is 12.7. The van der Waals surface area contributed by atoms with Crippen LogP contribution in [0.3, 0.4) is 0 Å². The standard InChI is InChI=1S/C18H16O6/c1-20-12-5-11(6-13(8-12)21-2)16(19)18-17(24-18)10-3-4-14-15(7-10)23-9-22-14/h3-8,17-18H,9H2,1-2H3. The van der Waals surface area contributed by atoms with E-state index < -0.39 is 6.10 Å². The van der Waals surface area contributed by atoms with Crippen LogP contribution in [0.1, 0.15) is 22.0 Å². The first kappa shape index (κ1) is 14.8. The second-order valence-electron chi connectivity index (χ2n) is 5.56. The third-order valence-corrected chi connectivity index (χ3v) is 4.11. The van der Waals surface area contributed by atoms with E-state index in [1.54, 1.807) is 32.4 Å². The van der Waals surface area contributed by atoms with E-state index in [-0.39, 0.29) is 18.7 Å². The molecule has 2 heterocycles. The quantitative estimate of drug-likeness (QED) is 0.621. The number of methoxy groups -OCH3 is 2. The highest BCUT2D eigenvalue weighted by atomic mass is 16.7. The van der Waals surface area contributed by atoms with Gasteiger partial charge in [0.1, 0.15) is 17.6 Å². The van der Waals surface area contributed by atoms with Gasteiger partial charge in [0.2, 0.25) is 6.79 Å². The molecule has 0 saturated carbocycles. The highest BCUT2D eigenvalue weighted by Crippen LogP contribution is 2.44. The Morgan fingerprint density at radius 3 is 2.42 bits per heavy atom. The highest BCUT2D eigenvalue weighted by molar-refractivity contribution is 6.02. The largest absolute Gasteiger partial charge is 0.497 e. The number of ether oxygens (including phenoxy) is 5. The number of carbonyl (C=O) groups excluding carboxylic acids is 1. The van der Waals surface area contributed by atoms with Crippen LogP contribution in [-0.4, -0.2) is 32.9 Å². The van der Waals surface area contributed by atoms with E-state index in [4.69, 9.17) is 23.7 Å². The molecule has 2 aromatic rings. The Labute approximate surface area is 138 Å². The topological polar surface area (TPSA) is 66.5 Å². The highest BCUT2D eigenvalue weighted by Gasteiger charge is 2.46. The number of ketones is 1. The van der Waals surface area contributed by atoms with Crippen LogP contribution in [0.15, 0.2) is 36.4 Å². The molecule has 6 nitrogen and oxygen atoms in total. The van der Waals surface area contributed by atoms with Crippen molar-refractivity contribution in [1.29, 1.82) is 0 Å². The fourth-order valence-electron chi connectivity index (χ4n) is 2.77. The number of Topliss-reactive ketones (excluding diaryl/α,β-unsaturated/α-hetero) is 1. The number of hydrogen-bond donors (Lipinski definition) is 0. The Morgan fingerprint density at radius 2 is 1.71 bits per heavy atom. The number of rotatable bonds is 5. The van der Waals surface area contributed by atoms with E-state index in [2.05, 4.69) is 0 Å². The van der Waals surface area contributed by atoms with Gasteiger partial charge in [0.05, 0.1) is 14.2 Å². The zero-order valence-electron chi connectivity index (χ0n) is 13.3. The minimum absolute atomic E-state index is 0.102. The van der Waals surface area contributed by atoms with E-state index >= 15 is 0 Å². The van der Waals surface area contributed by atoms with Gasteiger partial charge >= 0.3 is 0 Å². The van der Waals surface area contributed by atoms with Gasteiger partial charge in [-0.15, -0.1) is 0 Å². The maximum Gasteiger partial charge on any atom is 0.231 e. The summed E-state index contributed by atoms with van der Waals surface area (Å²) in [4.78, 5) is 12.7. The van der Waals surface area contributed by atoms with Crippen molar-refractivity contribution < 1.29 is 28.5 Å². The van der Waals surface area contributed by atoms with Gasteiger partial charge < -0.3 is 23.7 Å². The normalized spacial score (nSPS) is 20.6. The smallest absolute Gasteiger partial charge is 0.231 e. The summed E-state index contributed by atoms with van der Waals surface area (Å²) >= 11 is 0. The summed E-state index contributed by atoms with van der Waals surface area (Å²) in [6.45, 7) is 0.219. The molecule has 124 valence electrons. The fraction of sp³-hybridized carbons (Fsp3) is 0.278. The van der Waals surface area contributed by atoms with Crippen LogP contribution in [0.25, 0.3) is 0 Å². The molecular formula is C18H16O6. The zero-order valence-corrected chi connectivity index (χ0v) is 13.3. The Morgan fingerprint density at radius 1 is 1.00 bits per heavy atom. The van der Waals surface area contributed by atoms with Crippen molar-refractivity contribution in [2.45, 2.75) is 12.2 Å². The molecule has 6 heteroatoms. The third-order valence-electron chi connectivity index (χ3n) is 4.11. The molecule has 0 N–H and O–H groups in total. The second-order valence-corrected chi connectivity index (χ2v) is 5.56. The molecule has 2 aliphatic rings. The minimum atomic E-state index is -0.512. The Hall–Kier alpha value is -2.73. The summed E-state index contributed by atoms with van der Waals surface area (Å²) in [6, 6.07) is 10.7. The first-order valence-electron chi connectivity index (χ1n) is 7.52. The lowest BCUT2D eigenvalue weighted by Gasteiger charge is -2.07. The predicted molar refractivity (Wildman–Crippen MR) is 84.1 cm³/mol. The zero-order chi connectivity index (χ0) is 16.7. The molecule has 2 atom stereocenters. The molecule has 24 heavy (non-hydrogen) atoms. The molecule has 1 fully saturated rings. The summed E-state index contributed by atoms with van der Waals surface area (Å²) in [6.07, 6.45) is -0.786. The molecule has 0 radical (unpaired) electrons. The molecule has 2 unspecified atom stereocenters. The van der Waals surface area contributed by atoms with Crippen LogP contribution in [-0.2, 0) is 4.74 Å². The Bertz CT molecular complexity index is 778. The van der Waals surface area contributed by atoms with Gasteiger partial charge in [-0.05, 0) is 29.8 Å².